The molecule has 12 atom stereocenters. The minimum atomic E-state index is -1.07. The van der Waals surface area contributed by atoms with E-state index >= 15 is 0 Å². The Morgan fingerprint density at radius 2 is 1.30 bits per heavy atom. The maximum Gasteiger partial charge on any atom is 0.410 e. The molecule has 4 aromatic rings. The number of likely N-dealkylation sites (tertiary alicyclic amines) is 1. The van der Waals surface area contributed by atoms with Gasteiger partial charge >= 0.3 is 6.09 Å². The summed E-state index contributed by atoms with van der Waals surface area (Å²) in [6.45, 7) is 28.4. The molecule has 0 saturated carbocycles. The monoisotopic (exact) mass is 1460 g/mol. The van der Waals surface area contributed by atoms with Crippen molar-refractivity contribution < 1.29 is 71.9 Å². The molecule has 5 rings (SSSR count). The Balaban J connectivity index is 1.06. The van der Waals surface area contributed by atoms with Crippen molar-refractivity contribution in [3.63, 3.8) is 0 Å². The quantitative estimate of drug-likeness (QED) is 0.0225. The van der Waals surface area contributed by atoms with Crippen LogP contribution in [0.5, 0.6) is 0 Å². The van der Waals surface area contributed by atoms with Gasteiger partial charge in [0.1, 0.15) is 30.8 Å². The number of aliphatic hydroxyl groups is 1. The fourth-order valence-corrected chi connectivity index (χ4v) is 12.8. The van der Waals surface area contributed by atoms with Crippen molar-refractivity contribution in [2.45, 2.75) is 227 Å². The van der Waals surface area contributed by atoms with E-state index < -0.39 is 125 Å². The summed E-state index contributed by atoms with van der Waals surface area (Å²) in [5.74, 6) is -4.90. The summed E-state index contributed by atoms with van der Waals surface area (Å²) >= 11 is 0. The normalized spacial score (nSPS) is 16.4. The molecule has 580 valence electrons. The number of carbonyl (C=O) groups excluding carboxylic acids is 9. The fourth-order valence-electron chi connectivity index (χ4n) is 12.8. The average Bonchev–Trinajstić information content (AvgIpc) is 1.78. The Kier molecular flexibility index (Phi) is 34.3. The van der Waals surface area contributed by atoms with Crippen LogP contribution in [0.2, 0.25) is 0 Å². The van der Waals surface area contributed by atoms with Gasteiger partial charge in [0.2, 0.25) is 47.2 Å². The lowest BCUT2D eigenvalue weighted by Gasteiger charge is -2.41. The molecule has 1 fully saturated rings. The lowest BCUT2D eigenvalue weighted by molar-refractivity contribution is -0.148. The number of methoxy groups -OCH3 is 2. The third-order valence-corrected chi connectivity index (χ3v) is 19.5. The van der Waals surface area contributed by atoms with Crippen LogP contribution < -0.4 is 31.9 Å². The van der Waals surface area contributed by atoms with Crippen molar-refractivity contribution in [3.8, 4) is 11.4 Å². The first-order chi connectivity index (χ1) is 49.5. The lowest BCUT2D eigenvalue weighted by Crippen LogP contribution is -2.60. The molecule has 0 aliphatic carbocycles. The molecule has 105 heavy (non-hydrogen) atoms. The minimum Gasteiger partial charge on any atom is -0.445 e. The van der Waals surface area contributed by atoms with Gasteiger partial charge in [-0.05, 0) is 126 Å². The number of benzene rings is 3. The van der Waals surface area contributed by atoms with Gasteiger partial charge < -0.3 is 70.5 Å². The first-order valence-corrected chi connectivity index (χ1v) is 36.6. The van der Waals surface area contributed by atoms with Gasteiger partial charge in [0.05, 0.1) is 79.6 Å². The van der Waals surface area contributed by atoms with Crippen LogP contribution in [0.1, 0.15) is 176 Å². The number of hydrogen-bond donors (Lipinski definition) is 7. The summed E-state index contributed by atoms with van der Waals surface area (Å²) in [6, 6.07) is 16.7. The van der Waals surface area contributed by atoms with E-state index in [2.05, 4.69) is 52.3 Å². The number of aromatic nitrogens is 4. The second-order valence-electron chi connectivity index (χ2n) is 29.7. The van der Waals surface area contributed by atoms with Crippen LogP contribution in [0.25, 0.3) is 11.4 Å². The van der Waals surface area contributed by atoms with E-state index in [1.807, 2.05) is 73.6 Å². The fraction of sp³-hybridized carbons (Fsp3) is 0.623. The van der Waals surface area contributed by atoms with Gasteiger partial charge in [-0.2, -0.15) is 0 Å². The zero-order valence-corrected chi connectivity index (χ0v) is 65.0. The van der Waals surface area contributed by atoms with Crippen LogP contribution in [0.4, 0.5) is 10.5 Å². The van der Waals surface area contributed by atoms with Crippen molar-refractivity contribution in [3.05, 3.63) is 102 Å². The largest absolute Gasteiger partial charge is 0.445 e. The zero-order chi connectivity index (χ0) is 78.0. The van der Waals surface area contributed by atoms with Gasteiger partial charge in [0.15, 0.2) is 6.33 Å². The van der Waals surface area contributed by atoms with Gasteiger partial charge in [-0.25, -0.2) is 4.79 Å². The Labute approximate surface area is 620 Å². The zero-order valence-electron chi connectivity index (χ0n) is 65.0. The molecule has 0 unspecified atom stereocenters. The molecule has 1 aromatic heterocycles. The third-order valence-electron chi connectivity index (χ3n) is 19.5. The number of nitrogens with zero attached hydrogens (tertiary/aromatic N) is 7. The van der Waals surface area contributed by atoms with E-state index in [-0.39, 0.29) is 55.6 Å². The summed E-state index contributed by atoms with van der Waals surface area (Å²) in [5, 5.41) is 43.4. The highest BCUT2D eigenvalue weighted by Gasteiger charge is 2.44. The van der Waals surface area contributed by atoms with Crippen LogP contribution in [-0.4, -0.2) is 214 Å². The number of likely N-dealkylation sites (N-methyl/N-ethyl adjacent to an activating group) is 2. The maximum atomic E-state index is 14.8. The highest BCUT2D eigenvalue weighted by atomic mass is 16.6. The Bertz CT molecular complexity index is 3440. The van der Waals surface area contributed by atoms with E-state index in [4.69, 9.17) is 23.7 Å². The average molecular weight is 1460 g/mol. The number of carbonyl (C=O) groups is 9. The Hall–Kier alpha value is -8.57. The number of ether oxygens (including phenoxy) is 5. The molecular formula is C77H117N13O15. The van der Waals surface area contributed by atoms with Crippen LogP contribution in [-0.2, 0) is 63.9 Å². The first kappa shape index (κ1) is 87.1. The Morgan fingerprint density at radius 1 is 0.676 bits per heavy atom. The molecule has 2 heterocycles. The van der Waals surface area contributed by atoms with E-state index in [1.54, 1.807) is 119 Å². The molecule has 28 nitrogen and oxygen atoms in total. The van der Waals surface area contributed by atoms with Crippen molar-refractivity contribution in [1.29, 1.82) is 0 Å². The minimum absolute atomic E-state index is 0.0254. The van der Waals surface area contributed by atoms with E-state index in [0.717, 1.165) is 0 Å². The molecule has 1 aliphatic rings. The van der Waals surface area contributed by atoms with Crippen molar-refractivity contribution in [2.24, 2.45) is 29.6 Å². The molecule has 1 saturated heterocycles. The number of rotatable bonds is 41. The molecule has 3 aromatic carbocycles. The molecule has 28 heteroatoms. The van der Waals surface area contributed by atoms with E-state index in [0.29, 0.717) is 85.6 Å². The molecule has 0 bridgehead atoms. The van der Waals surface area contributed by atoms with Gasteiger partial charge in [-0.3, -0.25) is 43.3 Å². The van der Waals surface area contributed by atoms with Gasteiger partial charge in [0, 0.05) is 58.2 Å². The SMILES string of the molecule is CC[C@H](C)[C@@H]([C@@H](CC(=O)N1CCC[C@H]1[C@H](OC)[C@@H](C)C(=O)N[C@H](C)[C@@H](O)c1ccccc1)OC)N(C)C(=O)[C@@H](NC(=O)[C@H](C(C)C)N(C)C(=O)OCc1ccc(NC(=O)[C@H](C)NC(=O)[C@@H](NC(=O)CCOC(C)(C)CCOC(C)(C)CCNC(=O)c2ccc(-c3nncnn3)cc2)C(C)C)cc1)C(C)C. The third kappa shape index (κ3) is 26.2. The smallest absolute Gasteiger partial charge is 0.410 e. The predicted molar refractivity (Wildman–Crippen MR) is 397 cm³/mol. The second-order valence-corrected chi connectivity index (χ2v) is 29.7. The van der Waals surface area contributed by atoms with Crippen molar-refractivity contribution in [1.82, 2.24) is 61.7 Å². The van der Waals surface area contributed by atoms with Crippen molar-refractivity contribution in [2.75, 3.05) is 59.9 Å². The van der Waals surface area contributed by atoms with E-state index in [9.17, 15) is 48.3 Å². The highest BCUT2D eigenvalue weighted by Crippen LogP contribution is 2.31. The number of nitrogens with one attached hydrogen (secondary N) is 6. The molecule has 9 amide bonds. The predicted octanol–water partition coefficient (Wildman–Crippen LogP) is 7.60. The summed E-state index contributed by atoms with van der Waals surface area (Å²) < 4.78 is 30.0. The second kappa shape index (κ2) is 41.4. The molecule has 1 aliphatic heterocycles. The van der Waals surface area contributed by atoms with Crippen LogP contribution in [0.3, 0.4) is 0 Å². The van der Waals surface area contributed by atoms with Crippen LogP contribution in [0.15, 0.2) is 85.2 Å². The summed E-state index contributed by atoms with van der Waals surface area (Å²) in [7, 11) is 6.12. The van der Waals surface area contributed by atoms with E-state index in [1.165, 1.54) is 39.4 Å². The number of amides is 9. The maximum absolute atomic E-state index is 14.8. The molecular weight excluding hydrogens is 1350 g/mol. The molecule has 0 spiro atoms. The number of anilines is 1. The molecule has 0 radical (unpaired) electrons. The summed E-state index contributed by atoms with van der Waals surface area (Å²) in [4.78, 5) is 129. The number of hydrogen-bond acceptors (Lipinski definition) is 19. The number of aliphatic hydroxyl groups excluding tert-OH is 1. The summed E-state index contributed by atoms with van der Waals surface area (Å²) in [6.07, 6.45) is 0.936. The molecule has 7 N–H and O–H groups in total. The van der Waals surface area contributed by atoms with Gasteiger partial charge in [-0.15, -0.1) is 20.4 Å². The first-order valence-electron chi connectivity index (χ1n) is 36.6. The summed E-state index contributed by atoms with van der Waals surface area (Å²) in [5.41, 5.74) is 1.58. The van der Waals surface area contributed by atoms with Gasteiger partial charge in [0.25, 0.3) is 5.91 Å². The standard InChI is InChI=1S/C77H117N13O15/c1-20-49(8)65(59(101-18)43-61(92)90-40-24-27-58(90)67(102-19)50(9)69(94)81-51(10)66(93)54-25-22-21-23-26-54)88(16)74(99)63(47(4)5)85-73(98)64(48(6)7)89(17)75(100)103-44-53-28-34-57(35-29-53)83-70(95)52(11)82-72(97)62(46(2)3)84-60(91)36-41-104-77(14,15)38-42-105-76(12,13)37-39-78-71(96)56-32-30-55(31-33-56)68-86-79-45-80-87-68/h21-23,25-26,28-35,45-52,58-59,62-67,93H,20,24,27,36-44H2,1-19H3,(H,78,96)(H,81,94)(H,82,97)(H,83,95)(H,84,91)(H,85,98)/t49-,50+,51+,52-,58-,59+,62-,63-,64-,65-,66+,67+/m0/s1. The van der Waals surface area contributed by atoms with Crippen molar-refractivity contribution >= 4 is 59.0 Å². The Morgan fingerprint density at radius 3 is 1.89 bits per heavy atom. The topological polar surface area (TPSA) is 353 Å². The van der Waals surface area contributed by atoms with Crippen LogP contribution in [0, 0.1) is 29.6 Å². The van der Waals surface area contributed by atoms with Crippen LogP contribution >= 0.6 is 0 Å². The highest BCUT2D eigenvalue weighted by molar-refractivity contribution is 5.98. The van der Waals surface area contributed by atoms with Gasteiger partial charge in [-0.1, -0.05) is 123 Å². The lowest BCUT2D eigenvalue weighted by atomic mass is 9.89.